The van der Waals surface area contributed by atoms with Crippen molar-refractivity contribution in [1.29, 1.82) is 0 Å². The lowest BCUT2D eigenvalue weighted by Crippen LogP contribution is -2.55. The van der Waals surface area contributed by atoms with Crippen molar-refractivity contribution >= 4 is 5.78 Å². The fourth-order valence-corrected chi connectivity index (χ4v) is 8.86. The van der Waals surface area contributed by atoms with Crippen LogP contribution < -0.4 is 0 Å². The van der Waals surface area contributed by atoms with E-state index < -0.39 is 0 Å². The molecule has 1 aliphatic heterocycles. The predicted octanol–water partition coefficient (Wildman–Crippen LogP) is 5.70. The van der Waals surface area contributed by atoms with Gasteiger partial charge in [-0.15, -0.1) is 0 Å². The van der Waals surface area contributed by atoms with E-state index in [2.05, 4.69) is 34.6 Å². The Labute approximate surface area is 183 Å². The molecule has 1 heterocycles. The van der Waals surface area contributed by atoms with Crippen molar-refractivity contribution in [1.82, 2.24) is 0 Å². The van der Waals surface area contributed by atoms with Crippen molar-refractivity contribution in [3.8, 4) is 0 Å². The minimum atomic E-state index is -0.264. The minimum Gasteiger partial charge on any atom is -0.392 e. The highest BCUT2D eigenvalue weighted by Crippen LogP contribution is 2.67. The van der Waals surface area contributed by atoms with Crippen LogP contribution in [0, 0.1) is 40.4 Å². The van der Waals surface area contributed by atoms with Gasteiger partial charge in [0.1, 0.15) is 0 Å². The number of carbonyl (C=O) groups is 1. The summed E-state index contributed by atoms with van der Waals surface area (Å²) >= 11 is 0. The number of hydrogen-bond donors (Lipinski definition) is 1. The quantitative estimate of drug-likeness (QED) is 0.600. The first-order valence-corrected chi connectivity index (χ1v) is 12.7. The Morgan fingerprint density at radius 2 is 1.87 bits per heavy atom. The van der Waals surface area contributed by atoms with Gasteiger partial charge in [0.15, 0.2) is 5.78 Å². The summed E-state index contributed by atoms with van der Waals surface area (Å²) in [6.45, 7) is 11.9. The molecular formula is C27H42O3. The molecule has 5 rings (SSSR count). The lowest BCUT2D eigenvalue weighted by atomic mass is 9.45. The van der Waals surface area contributed by atoms with Crippen LogP contribution in [0.1, 0.15) is 92.4 Å². The summed E-state index contributed by atoms with van der Waals surface area (Å²) in [7, 11) is 0. The summed E-state index contributed by atoms with van der Waals surface area (Å²) in [5, 5.41) is 11.3. The third kappa shape index (κ3) is 3.09. The van der Waals surface area contributed by atoms with Crippen molar-refractivity contribution < 1.29 is 14.6 Å². The zero-order chi connectivity index (χ0) is 21.5. The maximum absolute atomic E-state index is 12.1. The zero-order valence-corrected chi connectivity index (χ0v) is 19.7. The SMILES string of the molecule is C[C@H](CCC1OC1(C)C)[C@H]1CC[C@H]2[C@@H]3[C@@H](O)CC4=CC(=O)CC[C@]4(C)[C@H]3CC[C@]12C. The van der Waals surface area contributed by atoms with Gasteiger partial charge in [0, 0.05) is 6.42 Å². The molecule has 0 aromatic rings. The van der Waals surface area contributed by atoms with Crippen molar-refractivity contribution in [3.05, 3.63) is 11.6 Å². The van der Waals surface area contributed by atoms with Gasteiger partial charge in [-0.3, -0.25) is 4.79 Å². The fourth-order valence-electron chi connectivity index (χ4n) is 8.86. The van der Waals surface area contributed by atoms with Crippen LogP contribution in [0.5, 0.6) is 0 Å². The molecule has 9 atom stereocenters. The van der Waals surface area contributed by atoms with Crippen LogP contribution >= 0.6 is 0 Å². The van der Waals surface area contributed by atoms with E-state index in [4.69, 9.17) is 4.74 Å². The van der Waals surface area contributed by atoms with E-state index in [1.165, 1.54) is 44.1 Å². The standard InChI is InChI=1S/C27H42O3/c1-16(6-9-23-25(2,3)30-23)19-7-8-20-24-21(11-13-27(19,20)5)26(4)12-10-18(28)14-17(26)15-22(24)29/h14,16,19-24,29H,6-13,15H2,1-5H3/t16-,19-,20+,21+,22+,23?,24+,26+,27-/m1/s1. The second-order valence-electron chi connectivity index (χ2n) is 12.6. The summed E-state index contributed by atoms with van der Waals surface area (Å²) in [5.41, 5.74) is 1.86. The van der Waals surface area contributed by atoms with Crippen LogP contribution in [0.4, 0.5) is 0 Å². The minimum absolute atomic E-state index is 0.105. The number of hydrogen-bond acceptors (Lipinski definition) is 3. The molecule has 0 aromatic heterocycles. The first kappa shape index (κ1) is 21.2. The van der Waals surface area contributed by atoms with Gasteiger partial charge >= 0.3 is 0 Å². The number of ether oxygens (including phenoxy) is 1. The molecule has 3 heteroatoms. The van der Waals surface area contributed by atoms with E-state index in [0.717, 1.165) is 24.7 Å². The van der Waals surface area contributed by atoms with Gasteiger partial charge in [-0.2, -0.15) is 0 Å². The Kier molecular flexibility index (Phi) is 4.88. The Bertz CT molecular complexity index is 753. The summed E-state index contributed by atoms with van der Waals surface area (Å²) < 4.78 is 5.84. The number of aliphatic hydroxyl groups is 1. The van der Waals surface area contributed by atoms with Gasteiger partial charge in [0.25, 0.3) is 0 Å². The summed E-state index contributed by atoms with van der Waals surface area (Å²) in [4.78, 5) is 12.1. The Morgan fingerprint density at radius 1 is 1.13 bits per heavy atom. The molecule has 0 bridgehead atoms. The lowest BCUT2D eigenvalue weighted by molar-refractivity contribution is -0.124. The van der Waals surface area contributed by atoms with E-state index in [1.54, 1.807) is 0 Å². The molecule has 30 heavy (non-hydrogen) atoms. The third-order valence-corrected chi connectivity index (χ3v) is 10.8. The zero-order valence-electron chi connectivity index (χ0n) is 19.7. The molecule has 3 saturated carbocycles. The molecule has 0 spiro atoms. The highest BCUT2D eigenvalue weighted by Gasteiger charge is 2.61. The number of rotatable bonds is 4. The monoisotopic (exact) mass is 414 g/mol. The lowest BCUT2D eigenvalue weighted by Gasteiger charge is -2.59. The third-order valence-electron chi connectivity index (χ3n) is 10.8. The second kappa shape index (κ2) is 6.91. The normalized spacial score (nSPS) is 50.2. The molecule has 0 aromatic carbocycles. The van der Waals surface area contributed by atoms with E-state index in [9.17, 15) is 9.90 Å². The number of carbonyl (C=O) groups excluding carboxylic acids is 1. The number of fused-ring (bicyclic) bond motifs is 5. The molecule has 3 nitrogen and oxygen atoms in total. The van der Waals surface area contributed by atoms with Crippen LogP contribution in [0.25, 0.3) is 0 Å². The van der Waals surface area contributed by atoms with Gasteiger partial charge in [-0.1, -0.05) is 26.3 Å². The second-order valence-corrected chi connectivity index (χ2v) is 12.6. The van der Waals surface area contributed by atoms with Crippen LogP contribution in [0.15, 0.2) is 11.6 Å². The Balaban J connectivity index is 1.34. The largest absolute Gasteiger partial charge is 0.392 e. The Hall–Kier alpha value is -0.670. The molecule has 1 saturated heterocycles. The van der Waals surface area contributed by atoms with E-state index in [-0.39, 0.29) is 22.9 Å². The topological polar surface area (TPSA) is 49.8 Å². The predicted molar refractivity (Wildman–Crippen MR) is 119 cm³/mol. The first-order chi connectivity index (χ1) is 14.1. The molecular weight excluding hydrogens is 372 g/mol. The van der Waals surface area contributed by atoms with Crippen LogP contribution in [-0.4, -0.2) is 28.7 Å². The van der Waals surface area contributed by atoms with Gasteiger partial charge in [0.2, 0.25) is 0 Å². The summed E-state index contributed by atoms with van der Waals surface area (Å²) in [6.07, 6.45) is 12.1. The number of ketones is 1. The summed E-state index contributed by atoms with van der Waals surface area (Å²) in [6, 6.07) is 0. The molecule has 5 aliphatic rings. The van der Waals surface area contributed by atoms with Crippen molar-refractivity contribution in [2.24, 2.45) is 40.4 Å². The molecule has 4 aliphatic carbocycles. The van der Waals surface area contributed by atoms with Crippen molar-refractivity contribution in [2.75, 3.05) is 0 Å². The van der Waals surface area contributed by atoms with Crippen LogP contribution in [0.2, 0.25) is 0 Å². The molecule has 1 unspecified atom stereocenters. The van der Waals surface area contributed by atoms with Crippen molar-refractivity contribution in [3.63, 3.8) is 0 Å². The average molecular weight is 415 g/mol. The highest BCUT2D eigenvalue weighted by molar-refractivity contribution is 5.91. The maximum atomic E-state index is 12.1. The van der Waals surface area contributed by atoms with Gasteiger partial charge in [-0.25, -0.2) is 0 Å². The number of aliphatic hydroxyl groups excluding tert-OH is 1. The van der Waals surface area contributed by atoms with Gasteiger partial charge < -0.3 is 9.84 Å². The fraction of sp³-hybridized carbons (Fsp3) is 0.889. The molecule has 1 N–H and O–H groups in total. The maximum Gasteiger partial charge on any atom is 0.155 e. The number of epoxide rings is 1. The molecule has 0 radical (unpaired) electrons. The smallest absolute Gasteiger partial charge is 0.155 e. The average Bonchev–Trinajstić information content (AvgIpc) is 3.13. The molecule has 0 amide bonds. The van der Waals surface area contributed by atoms with E-state index >= 15 is 0 Å². The van der Waals surface area contributed by atoms with Crippen molar-refractivity contribution in [2.45, 2.75) is 110 Å². The van der Waals surface area contributed by atoms with Crippen LogP contribution in [-0.2, 0) is 9.53 Å². The highest BCUT2D eigenvalue weighted by atomic mass is 16.6. The summed E-state index contributed by atoms with van der Waals surface area (Å²) in [5.74, 6) is 3.39. The van der Waals surface area contributed by atoms with Gasteiger partial charge in [0.05, 0.1) is 17.8 Å². The molecule has 4 fully saturated rings. The first-order valence-electron chi connectivity index (χ1n) is 12.7. The van der Waals surface area contributed by atoms with E-state index in [1.807, 2.05) is 6.08 Å². The Morgan fingerprint density at radius 3 is 2.57 bits per heavy atom. The van der Waals surface area contributed by atoms with Crippen LogP contribution in [0.3, 0.4) is 0 Å². The van der Waals surface area contributed by atoms with Gasteiger partial charge in [-0.05, 0) is 112 Å². The molecule has 168 valence electrons. The van der Waals surface area contributed by atoms with E-state index in [0.29, 0.717) is 35.7 Å².